The van der Waals surface area contributed by atoms with E-state index in [1.807, 2.05) is 11.0 Å². The molecular weight excluding hydrogens is 230 g/mol. The Morgan fingerprint density at radius 2 is 2.44 bits per heavy atom. The molecule has 98 valence electrons. The van der Waals surface area contributed by atoms with Crippen LogP contribution in [-0.4, -0.2) is 41.0 Å². The summed E-state index contributed by atoms with van der Waals surface area (Å²) in [4.78, 5) is 22.3. The van der Waals surface area contributed by atoms with E-state index in [9.17, 15) is 4.79 Å². The summed E-state index contributed by atoms with van der Waals surface area (Å²) in [6, 6.07) is 2.00. The van der Waals surface area contributed by atoms with E-state index in [-0.39, 0.29) is 11.9 Å². The first kappa shape index (κ1) is 13.0. The summed E-state index contributed by atoms with van der Waals surface area (Å²) in [6.07, 6.45) is 6.91. The minimum Gasteiger partial charge on any atom is -0.384 e. The number of methoxy groups -OCH3 is 1. The molecule has 5 nitrogen and oxygen atoms in total. The van der Waals surface area contributed by atoms with Gasteiger partial charge < -0.3 is 9.64 Å². The van der Waals surface area contributed by atoms with E-state index in [4.69, 9.17) is 4.74 Å². The van der Waals surface area contributed by atoms with Crippen molar-refractivity contribution < 1.29 is 9.53 Å². The van der Waals surface area contributed by atoms with Crippen molar-refractivity contribution in [3.8, 4) is 0 Å². The number of hydrogen-bond donors (Lipinski definition) is 0. The highest BCUT2D eigenvalue weighted by atomic mass is 16.5. The number of rotatable bonds is 4. The van der Waals surface area contributed by atoms with Gasteiger partial charge in [-0.1, -0.05) is 0 Å². The van der Waals surface area contributed by atoms with Crippen LogP contribution in [0.1, 0.15) is 37.4 Å². The van der Waals surface area contributed by atoms with Gasteiger partial charge in [0.15, 0.2) is 0 Å². The topological polar surface area (TPSA) is 55.3 Å². The maximum atomic E-state index is 12.1. The van der Waals surface area contributed by atoms with Crippen LogP contribution in [-0.2, 0) is 9.53 Å². The largest absolute Gasteiger partial charge is 0.384 e. The minimum absolute atomic E-state index is 0.103. The summed E-state index contributed by atoms with van der Waals surface area (Å²) in [7, 11) is 1.62. The fourth-order valence-electron chi connectivity index (χ4n) is 2.37. The zero-order valence-corrected chi connectivity index (χ0v) is 10.7. The molecule has 0 spiro atoms. The monoisotopic (exact) mass is 249 g/mol. The Labute approximate surface area is 107 Å². The molecule has 0 aliphatic carbocycles. The number of carbonyl (C=O) groups is 1. The molecule has 1 saturated heterocycles. The van der Waals surface area contributed by atoms with Crippen molar-refractivity contribution in [3.05, 3.63) is 24.3 Å². The van der Waals surface area contributed by atoms with Gasteiger partial charge in [0.2, 0.25) is 5.91 Å². The molecule has 1 aliphatic rings. The van der Waals surface area contributed by atoms with Crippen molar-refractivity contribution >= 4 is 5.91 Å². The Balaban J connectivity index is 2.09. The molecule has 0 aromatic carbocycles. The van der Waals surface area contributed by atoms with Crippen LogP contribution in [0.15, 0.2) is 18.6 Å². The van der Waals surface area contributed by atoms with Gasteiger partial charge in [0.1, 0.15) is 6.33 Å². The molecule has 1 aromatic rings. The molecule has 1 aromatic heterocycles. The lowest BCUT2D eigenvalue weighted by Crippen LogP contribution is -2.39. The molecule has 5 heteroatoms. The molecule has 1 aliphatic heterocycles. The Morgan fingerprint density at radius 3 is 3.17 bits per heavy atom. The third kappa shape index (κ3) is 3.04. The quantitative estimate of drug-likeness (QED) is 0.812. The van der Waals surface area contributed by atoms with Crippen molar-refractivity contribution in [2.75, 3.05) is 20.3 Å². The van der Waals surface area contributed by atoms with Gasteiger partial charge in [-0.15, -0.1) is 0 Å². The van der Waals surface area contributed by atoms with Gasteiger partial charge in [0.05, 0.1) is 24.8 Å². The average Bonchev–Trinajstić information content (AvgIpc) is 2.45. The molecule has 0 saturated carbocycles. The first-order valence-electron chi connectivity index (χ1n) is 6.37. The number of nitrogens with zero attached hydrogens (tertiary/aromatic N) is 3. The summed E-state index contributed by atoms with van der Waals surface area (Å²) < 4.78 is 4.97. The summed E-state index contributed by atoms with van der Waals surface area (Å²) >= 11 is 0. The number of piperidine rings is 1. The lowest BCUT2D eigenvalue weighted by molar-refractivity contribution is -0.136. The maximum Gasteiger partial charge on any atom is 0.225 e. The molecule has 18 heavy (non-hydrogen) atoms. The summed E-state index contributed by atoms with van der Waals surface area (Å²) in [6.45, 7) is 1.29. The predicted octanol–water partition coefficient (Wildman–Crippen LogP) is 1.57. The Hall–Kier alpha value is -1.49. The van der Waals surface area contributed by atoms with E-state index in [2.05, 4.69) is 9.97 Å². The predicted molar refractivity (Wildman–Crippen MR) is 66.8 cm³/mol. The molecular formula is C13H19N3O2. The summed E-state index contributed by atoms with van der Waals surface area (Å²) in [5.74, 6) is 0.153. The number of ether oxygens (including phenoxy) is 1. The number of aromatic nitrogens is 2. The lowest BCUT2D eigenvalue weighted by Gasteiger charge is -2.35. The molecule has 0 bridgehead atoms. The highest BCUT2D eigenvalue weighted by Gasteiger charge is 2.28. The van der Waals surface area contributed by atoms with Crippen molar-refractivity contribution in [2.45, 2.75) is 31.7 Å². The summed E-state index contributed by atoms with van der Waals surface area (Å²) in [5.41, 5.74) is 0.940. The molecule has 0 N–H and O–H groups in total. The van der Waals surface area contributed by atoms with Crippen LogP contribution >= 0.6 is 0 Å². The number of hydrogen-bond acceptors (Lipinski definition) is 4. The first-order chi connectivity index (χ1) is 8.83. The minimum atomic E-state index is 0.103. The van der Waals surface area contributed by atoms with Crippen molar-refractivity contribution in [1.29, 1.82) is 0 Å². The van der Waals surface area contributed by atoms with Crippen LogP contribution in [0.4, 0.5) is 0 Å². The molecule has 2 rings (SSSR count). The average molecular weight is 249 g/mol. The van der Waals surface area contributed by atoms with Gasteiger partial charge >= 0.3 is 0 Å². The van der Waals surface area contributed by atoms with E-state index in [1.165, 1.54) is 0 Å². The van der Waals surface area contributed by atoms with E-state index in [0.29, 0.717) is 13.0 Å². The van der Waals surface area contributed by atoms with E-state index < -0.39 is 0 Å². The van der Waals surface area contributed by atoms with Crippen molar-refractivity contribution in [2.24, 2.45) is 0 Å². The normalized spacial score (nSPS) is 19.8. The zero-order chi connectivity index (χ0) is 12.8. The summed E-state index contributed by atoms with van der Waals surface area (Å²) in [5, 5.41) is 0. The van der Waals surface area contributed by atoms with Crippen LogP contribution < -0.4 is 0 Å². The van der Waals surface area contributed by atoms with E-state index in [0.717, 1.165) is 31.5 Å². The molecule has 1 atom stereocenters. The second-order valence-corrected chi connectivity index (χ2v) is 4.48. The van der Waals surface area contributed by atoms with Gasteiger partial charge in [-0.25, -0.2) is 9.97 Å². The van der Waals surface area contributed by atoms with Gasteiger partial charge in [0.25, 0.3) is 0 Å². The standard InChI is InChI=1S/C13H19N3O2/c1-18-9-6-13(17)16-8-3-2-4-12(16)11-5-7-14-10-15-11/h5,7,10,12H,2-4,6,8-9H2,1H3/t12-/m1/s1. The van der Waals surface area contributed by atoms with E-state index in [1.54, 1.807) is 19.6 Å². The third-order valence-corrected chi connectivity index (χ3v) is 3.29. The number of carbonyl (C=O) groups excluding carboxylic acids is 1. The van der Waals surface area contributed by atoms with Crippen LogP contribution in [0, 0.1) is 0 Å². The van der Waals surface area contributed by atoms with Crippen LogP contribution in [0.5, 0.6) is 0 Å². The fourth-order valence-corrected chi connectivity index (χ4v) is 2.37. The Kier molecular flexibility index (Phi) is 4.64. The third-order valence-electron chi connectivity index (χ3n) is 3.29. The SMILES string of the molecule is COCCC(=O)N1CCCC[C@@H]1c1ccncn1. The lowest BCUT2D eigenvalue weighted by atomic mass is 9.98. The van der Waals surface area contributed by atoms with Gasteiger partial charge in [0, 0.05) is 19.9 Å². The Bertz CT molecular complexity index is 383. The number of amides is 1. The van der Waals surface area contributed by atoms with E-state index >= 15 is 0 Å². The highest BCUT2D eigenvalue weighted by Crippen LogP contribution is 2.29. The van der Waals surface area contributed by atoms with Crippen LogP contribution in [0.25, 0.3) is 0 Å². The van der Waals surface area contributed by atoms with Crippen molar-refractivity contribution in [3.63, 3.8) is 0 Å². The molecule has 0 unspecified atom stereocenters. The van der Waals surface area contributed by atoms with Gasteiger partial charge in [-0.05, 0) is 25.3 Å². The van der Waals surface area contributed by atoms with Crippen LogP contribution in [0.3, 0.4) is 0 Å². The molecule has 2 heterocycles. The smallest absolute Gasteiger partial charge is 0.225 e. The second-order valence-electron chi connectivity index (χ2n) is 4.48. The van der Waals surface area contributed by atoms with Crippen molar-refractivity contribution in [1.82, 2.24) is 14.9 Å². The van der Waals surface area contributed by atoms with Gasteiger partial charge in [-0.2, -0.15) is 0 Å². The zero-order valence-electron chi connectivity index (χ0n) is 10.7. The van der Waals surface area contributed by atoms with Gasteiger partial charge in [-0.3, -0.25) is 4.79 Å². The maximum absolute atomic E-state index is 12.1. The molecule has 0 radical (unpaired) electrons. The molecule has 1 amide bonds. The van der Waals surface area contributed by atoms with Crippen LogP contribution in [0.2, 0.25) is 0 Å². The fraction of sp³-hybridized carbons (Fsp3) is 0.615. The molecule has 1 fully saturated rings. The Morgan fingerprint density at radius 1 is 1.56 bits per heavy atom. The first-order valence-corrected chi connectivity index (χ1v) is 6.37. The number of likely N-dealkylation sites (tertiary alicyclic amines) is 1. The second kappa shape index (κ2) is 6.44. The highest BCUT2D eigenvalue weighted by molar-refractivity contribution is 5.76.